The van der Waals surface area contributed by atoms with Crippen molar-refractivity contribution < 1.29 is 14.3 Å². The fourth-order valence-corrected chi connectivity index (χ4v) is 4.66. The van der Waals surface area contributed by atoms with E-state index in [0.29, 0.717) is 12.2 Å². The smallest absolute Gasteiger partial charge is 0.273 e. The standard InChI is InChI=1S/C21H28N4O3S/c26-20(19-18(29-24-23-19)14-28-17-6-2-1-3-7-17)22-15-21(8-12-27-13-9-21)16-25-10-4-5-11-25/h1-3,6-7H,4-5,8-16H2,(H,22,26). The van der Waals surface area contributed by atoms with Crippen molar-refractivity contribution in [1.29, 1.82) is 0 Å². The number of aromatic nitrogens is 2. The van der Waals surface area contributed by atoms with Gasteiger partial charge in [0.25, 0.3) is 5.91 Å². The van der Waals surface area contributed by atoms with Gasteiger partial charge in [-0.1, -0.05) is 22.7 Å². The zero-order valence-electron chi connectivity index (χ0n) is 16.6. The molecule has 8 heteroatoms. The summed E-state index contributed by atoms with van der Waals surface area (Å²) in [7, 11) is 0. The fourth-order valence-electron chi connectivity index (χ4n) is 4.10. The summed E-state index contributed by atoms with van der Waals surface area (Å²) < 4.78 is 15.3. The van der Waals surface area contributed by atoms with Gasteiger partial charge in [0, 0.05) is 31.7 Å². The molecule has 0 aliphatic carbocycles. The average molecular weight is 417 g/mol. The zero-order valence-corrected chi connectivity index (χ0v) is 17.5. The SMILES string of the molecule is O=C(NCC1(CN2CCCC2)CCOCC1)c1nnsc1COc1ccccc1. The molecule has 0 spiro atoms. The van der Waals surface area contributed by atoms with Crippen LogP contribution in [-0.4, -0.2) is 59.8 Å². The molecular formula is C21H28N4O3S. The molecule has 0 saturated carbocycles. The predicted molar refractivity (Wildman–Crippen MR) is 111 cm³/mol. The van der Waals surface area contributed by atoms with Crippen molar-refractivity contribution in [3.63, 3.8) is 0 Å². The minimum absolute atomic E-state index is 0.0718. The molecule has 2 aliphatic heterocycles. The first-order chi connectivity index (χ1) is 14.2. The maximum atomic E-state index is 12.9. The Balaban J connectivity index is 1.36. The maximum Gasteiger partial charge on any atom is 0.273 e. The van der Waals surface area contributed by atoms with Gasteiger partial charge in [-0.2, -0.15) is 0 Å². The molecule has 1 aromatic carbocycles. The lowest BCUT2D eigenvalue weighted by atomic mass is 9.79. The summed E-state index contributed by atoms with van der Waals surface area (Å²) in [6.07, 6.45) is 4.49. The monoisotopic (exact) mass is 416 g/mol. The highest BCUT2D eigenvalue weighted by Gasteiger charge is 2.36. The highest BCUT2D eigenvalue weighted by Crippen LogP contribution is 2.32. The third-order valence-electron chi connectivity index (χ3n) is 5.82. The van der Waals surface area contributed by atoms with E-state index < -0.39 is 0 Å². The summed E-state index contributed by atoms with van der Waals surface area (Å²) in [6, 6.07) is 9.56. The summed E-state index contributed by atoms with van der Waals surface area (Å²) in [5, 5.41) is 7.20. The second-order valence-corrected chi connectivity index (χ2v) is 8.76. The van der Waals surface area contributed by atoms with Crippen molar-refractivity contribution in [3.05, 3.63) is 40.9 Å². The van der Waals surface area contributed by atoms with E-state index in [4.69, 9.17) is 9.47 Å². The fraction of sp³-hybridized carbons (Fsp3) is 0.571. The van der Waals surface area contributed by atoms with Gasteiger partial charge < -0.3 is 19.7 Å². The number of likely N-dealkylation sites (tertiary alicyclic amines) is 1. The number of hydrogen-bond acceptors (Lipinski definition) is 7. The normalized spacial score (nSPS) is 19.2. The first-order valence-electron chi connectivity index (χ1n) is 10.3. The summed E-state index contributed by atoms with van der Waals surface area (Å²) in [5.41, 5.74) is 0.442. The van der Waals surface area contributed by atoms with Gasteiger partial charge in [-0.25, -0.2) is 0 Å². The highest BCUT2D eigenvalue weighted by molar-refractivity contribution is 7.05. The largest absolute Gasteiger partial charge is 0.488 e. The number of carbonyl (C=O) groups is 1. The summed E-state index contributed by atoms with van der Waals surface area (Å²) in [5.74, 6) is 0.594. The molecular weight excluding hydrogens is 388 g/mol. The van der Waals surface area contributed by atoms with E-state index in [0.717, 1.165) is 56.3 Å². The van der Waals surface area contributed by atoms with E-state index in [2.05, 4.69) is 19.8 Å². The van der Waals surface area contributed by atoms with Gasteiger partial charge in [0.05, 0.1) is 4.88 Å². The van der Waals surface area contributed by atoms with E-state index in [1.54, 1.807) is 0 Å². The van der Waals surface area contributed by atoms with Gasteiger partial charge in [0.1, 0.15) is 12.4 Å². The number of hydrogen-bond donors (Lipinski definition) is 1. The maximum absolute atomic E-state index is 12.9. The van der Waals surface area contributed by atoms with Gasteiger partial charge in [-0.15, -0.1) is 5.10 Å². The van der Waals surface area contributed by atoms with E-state index in [1.807, 2.05) is 30.3 Å². The van der Waals surface area contributed by atoms with Crippen LogP contribution >= 0.6 is 11.5 Å². The molecule has 3 heterocycles. The Morgan fingerprint density at radius 2 is 1.97 bits per heavy atom. The number of benzene rings is 1. The van der Waals surface area contributed by atoms with Gasteiger partial charge in [0.2, 0.25) is 0 Å². The number of ether oxygens (including phenoxy) is 2. The Bertz CT molecular complexity index is 786. The number of amides is 1. The molecule has 2 aliphatic rings. The van der Waals surface area contributed by atoms with Crippen LogP contribution in [0.25, 0.3) is 0 Å². The van der Waals surface area contributed by atoms with Gasteiger partial charge in [-0.3, -0.25) is 4.79 Å². The Morgan fingerprint density at radius 1 is 1.21 bits per heavy atom. The lowest BCUT2D eigenvalue weighted by Crippen LogP contribution is -2.48. The summed E-state index contributed by atoms with van der Waals surface area (Å²) in [4.78, 5) is 16.1. The molecule has 0 radical (unpaired) electrons. The molecule has 1 N–H and O–H groups in total. The molecule has 4 rings (SSSR count). The van der Waals surface area contributed by atoms with Crippen LogP contribution in [0.3, 0.4) is 0 Å². The second-order valence-electron chi connectivity index (χ2n) is 7.92. The van der Waals surface area contributed by atoms with Gasteiger partial charge >= 0.3 is 0 Å². The number of carbonyl (C=O) groups excluding carboxylic acids is 1. The Hall–Kier alpha value is -2.03. The van der Waals surface area contributed by atoms with E-state index in [-0.39, 0.29) is 17.9 Å². The first-order valence-corrected chi connectivity index (χ1v) is 11.1. The van der Waals surface area contributed by atoms with Crippen LogP contribution in [0, 0.1) is 5.41 Å². The molecule has 2 fully saturated rings. The number of nitrogens with one attached hydrogen (secondary N) is 1. The van der Waals surface area contributed by atoms with Crippen LogP contribution in [0.4, 0.5) is 0 Å². The number of para-hydroxylation sites is 1. The molecule has 29 heavy (non-hydrogen) atoms. The van der Waals surface area contributed by atoms with Crippen molar-refractivity contribution >= 4 is 17.4 Å². The molecule has 1 aromatic heterocycles. The zero-order chi connectivity index (χ0) is 19.9. The highest BCUT2D eigenvalue weighted by atomic mass is 32.1. The Kier molecular flexibility index (Phi) is 6.74. The van der Waals surface area contributed by atoms with Crippen LogP contribution in [-0.2, 0) is 11.3 Å². The van der Waals surface area contributed by atoms with Crippen molar-refractivity contribution in [2.24, 2.45) is 5.41 Å². The molecule has 2 saturated heterocycles. The Morgan fingerprint density at radius 3 is 2.72 bits per heavy atom. The minimum Gasteiger partial charge on any atom is -0.488 e. The molecule has 7 nitrogen and oxygen atoms in total. The van der Waals surface area contributed by atoms with Crippen LogP contribution < -0.4 is 10.1 Å². The Labute approximate surface area is 175 Å². The molecule has 0 atom stereocenters. The van der Waals surface area contributed by atoms with E-state index in [9.17, 15) is 4.79 Å². The van der Waals surface area contributed by atoms with Crippen LogP contribution in [0.2, 0.25) is 0 Å². The molecule has 0 unspecified atom stereocenters. The molecule has 2 aromatic rings. The number of nitrogens with zero attached hydrogens (tertiary/aromatic N) is 3. The van der Waals surface area contributed by atoms with Crippen molar-refractivity contribution in [3.8, 4) is 5.75 Å². The molecule has 1 amide bonds. The quantitative estimate of drug-likeness (QED) is 0.713. The summed E-state index contributed by atoms with van der Waals surface area (Å²) >= 11 is 1.21. The van der Waals surface area contributed by atoms with Crippen LogP contribution in [0.15, 0.2) is 30.3 Å². The van der Waals surface area contributed by atoms with E-state index in [1.165, 1.54) is 24.4 Å². The lowest BCUT2D eigenvalue weighted by Gasteiger charge is -2.40. The minimum atomic E-state index is -0.169. The lowest BCUT2D eigenvalue weighted by molar-refractivity contribution is -0.000662. The molecule has 0 bridgehead atoms. The second kappa shape index (κ2) is 9.65. The van der Waals surface area contributed by atoms with Crippen LogP contribution in [0.5, 0.6) is 5.75 Å². The van der Waals surface area contributed by atoms with Crippen molar-refractivity contribution in [2.75, 3.05) is 39.4 Å². The molecule has 156 valence electrons. The average Bonchev–Trinajstić information content (AvgIpc) is 3.44. The third kappa shape index (κ3) is 5.32. The van der Waals surface area contributed by atoms with E-state index >= 15 is 0 Å². The van der Waals surface area contributed by atoms with Gasteiger partial charge in [0.15, 0.2) is 5.69 Å². The van der Waals surface area contributed by atoms with Crippen molar-refractivity contribution in [1.82, 2.24) is 19.8 Å². The predicted octanol–water partition coefficient (Wildman–Crippen LogP) is 2.74. The van der Waals surface area contributed by atoms with Crippen LogP contribution in [0.1, 0.15) is 41.0 Å². The topological polar surface area (TPSA) is 76.6 Å². The van der Waals surface area contributed by atoms with Gasteiger partial charge in [-0.05, 0) is 62.4 Å². The number of rotatable bonds is 8. The third-order valence-corrected chi connectivity index (χ3v) is 6.51. The first kappa shape index (κ1) is 20.3. The van der Waals surface area contributed by atoms with Crippen molar-refractivity contribution in [2.45, 2.75) is 32.3 Å². The summed E-state index contributed by atoms with van der Waals surface area (Å²) in [6.45, 7) is 5.80.